The number of benzene rings is 1. The molecule has 0 amide bonds. The van der Waals surface area contributed by atoms with E-state index in [4.69, 9.17) is 17.3 Å². The van der Waals surface area contributed by atoms with E-state index >= 15 is 0 Å². The molecule has 0 atom stereocenters. The Morgan fingerprint density at radius 2 is 1.93 bits per heavy atom. The van der Waals surface area contributed by atoms with Crippen molar-refractivity contribution in [1.29, 1.82) is 0 Å². The predicted octanol–water partition coefficient (Wildman–Crippen LogP) is 2.91. The summed E-state index contributed by atoms with van der Waals surface area (Å²) >= 11 is 5.90. The van der Waals surface area contributed by atoms with Gasteiger partial charge < -0.3 is 10.8 Å². The van der Waals surface area contributed by atoms with Gasteiger partial charge in [0.25, 0.3) is 0 Å². The van der Waals surface area contributed by atoms with Crippen molar-refractivity contribution in [2.45, 2.75) is 31.2 Å². The van der Waals surface area contributed by atoms with Crippen LogP contribution in [0, 0.1) is 5.82 Å². The Bertz CT molecular complexity index is 388. The summed E-state index contributed by atoms with van der Waals surface area (Å²) in [5.74, 6) is -0.535. The maximum Gasteiger partial charge on any atom is 0.134 e. The molecule has 0 radical (unpaired) electrons. The standard InChI is InChI=1S/C11H13ClFNO/c12-10-8(15)4-3-7(13)9(10)11(14)5-1-2-6-11/h3-4,15H,1-2,5-6,14H2. The zero-order valence-electron chi connectivity index (χ0n) is 8.26. The van der Waals surface area contributed by atoms with Crippen molar-refractivity contribution in [3.63, 3.8) is 0 Å². The number of hydrogen-bond donors (Lipinski definition) is 2. The molecule has 3 N–H and O–H groups in total. The fraction of sp³-hybridized carbons (Fsp3) is 0.455. The van der Waals surface area contributed by atoms with Crippen LogP contribution < -0.4 is 5.73 Å². The first-order chi connectivity index (χ1) is 7.04. The van der Waals surface area contributed by atoms with Gasteiger partial charge in [-0.2, -0.15) is 0 Å². The third-order valence-corrected chi connectivity index (χ3v) is 3.45. The van der Waals surface area contributed by atoms with Gasteiger partial charge in [-0.05, 0) is 25.0 Å². The smallest absolute Gasteiger partial charge is 0.134 e. The first-order valence-corrected chi connectivity index (χ1v) is 5.39. The van der Waals surface area contributed by atoms with E-state index in [9.17, 15) is 9.50 Å². The topological polar surface area (TPSA) is 46.2 Å². The molecule has 0 spiro atoms. The molecule has 15 heavy (non-hydrogen) atoms. The minimum absolute atomic E-state index is 0.0550. The van der Waals surface area contributed by atoms with E-state index in [0.717, 1.165) is 12.8 Å². The van der Waals surface area contributed by atoms with Crippen LogP contribution in [-0.4, -0.2) is 5.11 Å². The average Bonchev–Trinajstić information content (AvgIpc) is 2.60. The van der Waals surface area contributed by atoms with Crippen LogP contribution in [-0.2, 0) is 5.54 Å². The first-order valence-electron chi connectivity index (χ1n) is 5.01. The minimum atomic E-state index is -0.708. The molecule has 1 aromatic carbocycles. The highest BCUT2D eigenvalue weighted by molar-refractivity contribution is 6.32. The molecule has 1 fully saturated rings. The van der Waals surface area contributed by atoms with Crippen LogP contribution >= 0.6 is 11.6 Å². The lowest BCUT2D eigenvalue weighted by Crippen LogP contribution is -2.34. The van der Waals surface area contributed by atoms with Crippen molar-refractivity contribution >= 4 is 11.6 Å². The van der Waals surface area contributed by atoms with E-state index in [-0.39, 0.29) is 16.3 Å². The lowest BCUT2D eigenvalue weighted by molar-refractivity contribution is 0.422. The van der Waals surface area contributed by atoms with Gasteiger partial charge in [0.2, 0.25) is 0 Å². The summed E-state index contributed by atoms with van der Waals surface area (Å²) in [6.07, 6.45) is 3.38. The van der Waals surface area contributed by atoms with Crippen LogP contribution in [0.2, 0.25) is 5.02 Å². The van der Waals surface area contributed by atoms with E-state index in [2.05, 4.69) is 0 Å². The average molecular weight is 230 g/mol. The van der Waals surface area contributed by atoms with E-state index in [0.29, 0.717) is 12.8 Å². The fourth-order valence-corrected chi connectivity index (χ4v) is 2.60. The van der Waals surface area contributed by atoms with E-state index < -0.39 is 11.4 Å². The number of aromatic hydroxyl groups is 1. The number of phenolic OH excluding ortho intramolecular Hbond substituents is 1. The second-order valence-electron chi connectivity index (χ2n) is 4.12. The summed E-state index contributed by atoms with van der Waals surface area (Å²) in [7, 11) is 0. The maximum atomic E-state index is 13.7. The van der Waals surface area contributed by atoms with Gasteiger partial charge in [-0.1, -0.05) is 24.4 Å². The van der Waals surface area contributed by atoms with E-state index in [1.165, 1.54) is 12.1 Å². The van der Waals surface area contributed by atoms with Gasteiger partial charge in [0.05, 0.1) is 5.02 Å². The molecule has 82 valence electrons. The highest BCUT2D eigenvalue weighted by Gasteiger charge is 2.36. The van der Waals surface area contributed by atoms with Crippen molar-refractivity contribution in [2.24, 2.45) is 5.73 Å². The Kier molecular flexibility index (Phi) is 2.61. The summed E-state index contributed by atoms with van der Waals surface area (Å²) in [4.78, 5) is 0. The van der Waals surface area contributed by atoms with Gasteiger partial charge in [-0.25, -0.2) is 4.39 Å². The number of hydrogen-bond acceptors (Lipinski definition) is 2. The second kappa shape index (κ2) is 3.65. The van der Waals surface area contributed by atoms with Crippen molar-refractivity contribution in [3.05, 3.63) is 28.5 Å². The molecule has 0 aliphatic heterocycles. The zero-order valence-corrected chi connectivity index (χ0v) is 9.02. The molecule has 0 aromatic heterocycles. The molecule has 1 aromatic rings. The molecule has 1 aliphatic rings. The summed E-state index contributed by atoms with van der Waals surface area (Å²) in [6, 6.07) is 2.46. The molecule has 0 unspecified atom stereocenters. The second-order valence-corrected chi connectivity index (χ2v) is 4.50. The Labute approximate surface area is 92.9 Å². The Hall–Kier alpha value is -0.800. The molecular formula is C11H13ClFNO. The van der Waals surface area contributed by atoms with Crippen molar-refractivity contribution in [1.82, 2.24) is 0 Å². The Balaban J connectivity index is 2.55. The highest BCUT2D eigenvalue weighted by Crippen LogP contribution is 2.43. The van der Waals surface area contributed by atoms with Crippen LogP contribution in [0.4, 0.5) is 4.39 Å². The van der Waals surface area contributed by atoms with E-state index in [1.54, 1.807) is 0 Å². The molecule has 0 heterocycles. The summed E-state index contributed by atoms with van der Waals surface area (Å²) in [5.41, 5.74) is 5.67. The van der Waals surface area contributed by atoms with Gasteiger partial charge in [0.15, 0.2) is 0 Å². The largest absolute Gasteiger partial charge is 0.506 e. The van der Waals surface area contributed by atoms with Crippen LogP contribution in [0.1, 0.15) is 31.2 Å². The van der Waals surface area contributed by atoms with Gasteiger partial charge in [0.1, 0.15) is 11.6 Å². The summed E-state index contributed by atoms with van der Waals surface area (Å²) in [5, 5.41) is 9.50. The fourth-order valence-electron chi connectivity index (χ4n) is 2.25. The van der Waals surface area contributed by atoms with E-state index in [1.807, 2.05) is 0 Å². The molecule has 1 aliphatic carbocycles. The molecular weight excluding hydrogens is 217 g/mol. The van der Waals surface area contributed by atoms with Gasteiger partial charge in [-0.3, -0.25) is 0 Å². The van der Waals surface area contributed by atoms with Crippen LogP contribution in [0.5, 0.6) is 5.75 Å². The minimum Gasteiger partial charge on any atom is -0.506 e. The predicted molar refractivity (Wildman–Crippen MR) is 57.4 cm³/mol. The molecule has 1 saturated carbocycles. The number of phenols is 1. The number of nitrogens with two attached hydrogens (primary N) is 1. The Morgan fingerprint density at radius 1 is 1.33 bits per heavy atom. The van der Waals surface area contributed by atoms with Crippen LogP contribution in [0.15, 0.2) is 12.1 Å². The number of rotatable bonds is 1. The normalized spacial score (nSPS) is 19.4. The van der Waals surface area contributed by atoms with Crippen molar-refractivity contribution < 1.29 is 9.50 Å². The highest BCUT2D eigenvalue weighted by atomic mass is 35.5. The van der Waals surface area contributed by atoms with Crippen LogP contribution in [0.25, 0.3) is 0 Å². The lowest BCUT2D eigenvalue weighted by atomic mass is 9.88. The molecule has 2 nitrogen and oxygen atoms in total. The third-order valence-electron chi connectivity index (χ3n) is 3.06. The molecule has 4 heteroatoms. The van der Waals surface area contributed by atoms with Gasteiger partial charge >= 0.3 is 0 Å². The maximum absolute atomic E-state index is 13.7. The molecule has 2 rings (SSSR count). The zero-order chi connectivity index (χ0) is 11.1. The number of halogens is 2. The van der Waals surface area contributed by atoms with Crippen LogP contribution in [0.3, 0.4) is 0 Å². The van der Waals surface area contributed by atoms with Gasteiger partial charge in [-0.15, -0.1) is 0 Å². The first kappa shape index (κ1) is 10.7. The molecule has 0 bridgehead atoms. The van der Waals surface area contributed by atoms with Crippen molar-refractivity contribution in [3.8, 4) is 5.75 Å². The monoisotopic (exact) mass is 229 g/mol. The SMILES string of the molecule is NC1(c2c(F)ccc(O)c2Cl)CCCC1. The summed E-state index contributed by atoms with van der Waals surface area (Å²) < 4.78 is 13.7. The summed E-state index contributed by atoms with van der Waals surface area (Å²) in [6.45, 7) is 0. The van der Waals surface area contributed by atoms with Crippen molar-refractivity contribution in [2.75, 3.05) is 0 Å². The Morgan fingerprint density at radius 3 is 2.53 bits per heavy atom. The lowest BCUT2D eigenvalue weighted by Gasteiger charge is -2.26. The third kappa shape index (κ3) is 1.70. The van der Waals surface area contributed by atoms with Gasteiger partial charge in [0, 0.05) is 11.1 Å². The molecule has 0 saturated heterocycles. The quantitative estimate of drug-likeness (QED) is 0.778.